The molecule has 0 aliphatic carbocycles. The van der Waals surface area contributed by atoms with Gasteiger partial charge in [0.2, 0.25) is 0 Å². The van der Waals surface area contributed by atoms with Crippen molar-refractivity contribution in [3.63, 3.8) is 0 Å². The van der Waals surface area contributed by atoms with Crippen LogP contribution in [0.25, 0.3) is 11.3 Å². The van der Waals surface area contributed by atoms with E-state index < -0.39 is 22.7 Å². The number of pyridine rings is 1. The van der Waals surface area contributed by atoms with Crippen LogP contribution in [0.15, 0.2) is 30.5 Å². The van der Waals surface area contributed by atoms with Crippen molar-refractivity contribution in [3.8, 4) is 17.0 Å². The smallest absolute Gasteiger partial charge is 0.419 e. The predicted octanol–water partition coefficient (Wildman–Crippen LogP) is 4.63. The highest BCUT2D eigenvalue weighted by Gasteiger charge is 2.35. The number of benzene rings is 1. The lowest BCUT2D eigenvalue weighted by molar-refractivity contribution is -0.143. The fraction of sp³-hybridized carbons (Fsp3) is 0.200. The summed E-state index contributed by atoms with van der Waals surface area (Å²) in [6.07, 6.45) is -4.04. The molecule has 0 amide bonds. The van der Waals surface area contributed by atoms with Crippen LogP contribution in [0.3, 0.4) is 0 Å². The van der Waals surface area contributed by atoms with Gasteiger partial charge in [-0.1, -0.05) is 35.3 Å². The summed E-state index contributed by atoms with van der Waals surface area (Å²) in [4.78, 5) is 14.8. The van der Waals surface area contributed by atoms with Crippen LogP contribution < -0.4 is 4.74 Å². The van der Waals surface area contributed by atoms with E-state index in [9.17, 15) is 18.0 Å². The molecular formula is C15H10Cl2F3NO3. The van der Waals surface area contributed by atoms with E-state index in [0.29, 0.717) is 17.5 Å². The van der Waals surface area contributed by atoms with Crippen molar-refractivity contribution in [2.75, 3.05) is 13.7 Å². The van der Waals surface area contributed by atoms with Gasteiger partial charge in [0.15, 0.2) is 6.61 Å². The van der Waals surface area contributed by atoms with E-state index >= 15 is 0 Å². The zero-order valence-corrected chi connectivity index (χ0v) is 13.7. The maximum atomic E-state index is 12.8. The first-order valence-electron chi connectivity index (χ1n) is 6.45. The van der Waals surface area contributed by atoms with Crippen molar-refractivity contribution in [2.45, 2.75) is 6.18 Å². The van der Waals surface area contributed by atoms with E-state index in [1.807, 2.05) is 0 Å². The summed E-state index contributed by atoms with van der Waals surface area (Å²) in [6, 6.07) is 6.18. The summed E-state index contributed by atoms with van der Waals surface area (Å²) < 4.78 is 48.0. The number of rotatable bonds is 4. The zero-order valence-electron chi connectivity index (χ0n) is 12.2. The summed E-state index contributed by atoms with van der Waals surface area (Å²) in [5, 5.41) is -0.952. The second-order valence-corrected chi connectivity index (χ2v) is 5.29. The lowest BCUT2D eigenvalue weighted by Gasteiger charge is -2.13. The second-order valence-electron chi connectivity index (χ2n) is 4.54. The van der Waals surface area contributed by atoms with Crippen molar-refractivity contribution in [1.82, 2.24) is 4.98 Å². The quantitative estimate of drug-likeness (QED) is 0.726. The van der Waals surface area contributed by atoms with Crippen LogP contribution >= 0.6 is 23.2 Å². The number of alkyl halides is 3. The molecule has 2 rings (SSSR count). The van der Waals surface area contributed by atoms with Crippen LogP contribution in [0.1, 0.15) is 5.56 Å². The molecule has 0 saturated heterocycles. The molecule has 0 atom stereocenters. The van der Waals surface area contributed by atoms with Gasteiger partial charge in [-0.2, -0.15) is 13.2 Å². The highest BCUT2D eigenvalue weighted by atomic mass is 35.5. The van der Waals surface area contributed by atoms with Gasteiger partial charge in [0, 0.05) is 11.8 Å². The van der Waals surface area contributed by atoms with Crippen molar-refractivity contribution < 1.29 is 27.4 Å². The summed E-state index contributed by atoms with van der Waals surface area (Å²) in [5.74, 6) is -0.277. The van der Waals surface area contributed by atoms with Crippen LogP contribution in [0.4, 0.5) is 13.2 Å². The predicted molar refractivity (Wildman–Crippen MR) is 82.2 cm³/mol. The van der Waals surface area contributed by atoms with Crippen molar-refractivity contribution in [3.05, 3.63) is 46.1 Å². The third-order valence-electron chi connectivity index (χ3n) is 2.96. The Kier molecular flexibility index (Phi) is 5.56. The van der Waals surface area contributed by atoms with Crippen LogP contribution in [0.5, 0.6) is 5.75 Å². The Bertz CT molecular complexity index is 766. The molecule has 0 spiro atoms. The van der Waals surface area contributed by atoms with Gasteiger partial charge >= 0.3 is 12.1 Å². The summed E-state index contributed by atoms with van der Waals surface area (Å²) in [7, 11) is 1.22. The molecule has 4 nitrogen and oxygen atoms in total. The minimum absolute atomic E-state index is 0.0678. The molecular weight excluding hydrogens is 370 g/mol. The average molecular weight is 380 g/mol. The summed E-state index contributed by atoms with van der Waals surface area (Å²) in [6.45, 7) is -0.311. The van der Waals surface area contributed by atoms with Gasteiger partial charge in [-0.15, -0.1) is 0 Å². The first kappa shape index (κ1) is 18.4. The number of aromatic nitrogens is 1. The number of carbonyl (C=O) groups excluding carboxylic acids is 1. The van der Waals surface area contributed by atoms with Crippen LogP contribution in [-0.4, -0.2) is 24.7 Å². The van der Waals surface area contributed by atoms with Gasteiger partial charge < -0.3 is 9.47 Å². The molecule has 0 radical (unpaired) electrons. The maximum Gasteiger partial charge on any atom is 0.419 e. The van der Waals surface area contributed by atoms with Crippen molar-refractivity contribution in [2.24, 2.45) is 0 Å². The van der Waals surface area contributed by atoms with Crippen molar-refractivity contribution >= 4 is 29.2 Å². The molecule has 0 unspecified atom stereocenters. The first-order valence-corrected chi connectivity index (χ1v) is 7.21. The molecule has 128 valence electrons. The van der Waals surface area contributed by atoms with E-state index in [1.54, 1.807) is 18.2 Å². The number of hydrogen-bond donors (Lipinski definition) is 0. The van der Waals surface area contributed by atoms with Crippen LogP contribution in [0, 0.1) is 0 Å². The number of esters is 1. The SMILES string of the molecule is COC(=O)COc1cccc(-c2ncc(C(F)(F)F)c(Cl)c2Cl)c1. The molecule has 0 saturated carbocycles. The number of nitrogens with zero attached hydrogens (tertiary/aromatic N) is 1. The van der Waals surface area contributed by atoms with E-state index in [0.717, 1.165) is 0 Å². The average Bonchev–Trinajstić information content (AvgIpc) is 2.54. The molecule has 9 heteroatoms. The molecule has 1 aromatic heterocycles. The van der Waals surface area contributed by atoms with Gasteiger partial charge in [0.25, 0.3) is 0 Å². The highest BCUT2D eigenvalue weighted by molar-refractivity contribution is 6.44. The molecule has 0 aliphatic rings. The minimum Gasteiger partial charge on any atom is -0.482 e. The zero-order chi connectivity index (χ0) is 17.9. The van der Waals surface area contributed by atoms with Gasteiger partial charge in [0.1, 0.15) is 5.75 Å². The Morgan fingerprint density at radius 3 is 2.58 bits per heavy atom. The third-order valence-corrected chi connectivity index (χ3v) is 3.81. The minimum atomic E-state index is -4.66. The molecule has 0 bridgehead atoms. The molecule has 24 heavy (non-hydrogen) atoms. The van der Waals surface area contributed by atoms with Crippen LogP contribution in [-0.2, 0) is 15.7 Å². The monoisotopic (exact) mass is 379 g/mol. The maximum absolute atomic E-state index is 12.8. The number of ether oxygens (including phenoxy) is 2. The van der Waals surface area contributed by atoms with Gasteiger partial charge in [-0.25, -0.2) is 4.79 Å². The topological polar surface area (TPSA) is 48.4 Å². The third kappa shape index (κ3) is 4.10. The molecule has 0 aliphatic heterocycles. The summed E-state index contributed by atoms with van der Waals surface area (Å²) in [5.41, 5.74) is -0.660. The molecule has 1 aromatic carbocycles. The Hall–Kier alpha value is -1.99. The van der Waals surface area contributed by atoms with Gasteiger partial charge in [0.05, 0.1) is 28.4 Å². The molecule has 1 heterocycles. The standard InChI is InChI=1S/C15H10Cl2F3NO3/c1-23-11(22)7-24-9-4-2-3-8(5-9)14-13(17)12(16)10(6-21-14)15(18,19)20/h2-6H,7H2,1H3. The largest absolute Gasteiger partial charge is 0.482 e. The Labute approximate surface area is 145 Å². The highest BCUT2D eigenvalue weighted by Crippen LogP contribution is 2.41. The Balaban J connectivity index is 2.35. The van der Waals surface area contributed by atoms with Gasteiger partial charge in [-0.3, -0.25) is 4.98 Å². The normalized spacial score (nSPS) is 11.2. The number of methoxy groups -OCH3 is 1. The lowest BCUT2D eigenvalue weighted by atomic mass is 10.1. The van der Waals surface area contributed by atoms with E-state index in [-0.39, 0.29) is 17.3 Å². The molecule has 0 N–H and O–H groups in total. The molecule has 2 aromatic rings. The fourth-order valence-electron chi connectivity index (χ4n) is 1.80. The number of halogens is 5. The van der Waals surface area contributed by atoms with Crippen molar-refractivity contribution in [1.29, 1.82) is 0 Å². The van der Waals surface area contributed by atoms with Crippen LogP contribution in [0.2, 0.25) is 10.0 Å². The van der Waals surface area contributed by atoms with Gasteiger partial charge in [-0.05, 0) is 12.1 Å². The summed E-state index contributed by atoms with van der Waals surface area (Å²) >= 11 is 11.6. The van der Waals surface area contributed by atoms with E-state index in [4.69, 9.17) is 27.9 Å². The van der Waals surface area contributed by atoms with E-state index in [1.165, 1.54) is 13.2 Å². The second kappa shape index (κ2) is 7.27. The lowest BCUT2D eigenvalue weighted by Crippen LogP contribution is -2.12. The molecule has 0 fully saturated rings. The fourth-order valence-corrected chi connectivity index (χ4v) is 2.30. The Morgan fingerprint density at radius 2 is 1.96 bits per heavy atom. The Morgan fingerprint density at radius 1 is 1.25 bits per heavy atom. The first-order chi connectivity index (χ1) is 11.2. The van der Waals surface area contributed by atoms with E-state index in [2.05, 4.69) is 9.72 Å². The number of hydrogen-bond acceptors (Lipinski definition) is 4. The number of carbonyl (C=O) groups is 1.